The van der Waals surface area contributed by atoms with E-state index in [1.165, 1.54) is 63.0 Å². The average Bonchev–Trinajstić information content (AvgIpc) is 2.30. The van der Waals surface area contributed by atoms with Crippen LogP contribution in [0.3, 0.4) is 0 Å². The van der Waals surface area contributed by atoms with E-state index < -0.39 is 0 Å². The number of hydrogen-bond donors (Lipinski definition) is 0. The van der Waals surface area contributed by atoms with Crippen molar-refractivity contribution in [1.82, 2.24) is 4.90 Å². The summed E-state index contributed by atoms with van der Waals surface area (Å²) in [5, 5.41) is 0. The molecule has 0 N–H and O–H groups in total. The molecule has 17 heavy (non-hydrogen) atoms. The van der Waals surface area contributed by atoms with Gasteiger partial charge in [-0.2, -0.15) is 0 Å². The van der Waals surface area contributed by atoms with Crippen LogP contribution < -0.4 is 0 Å². The second-order valence-corrected chi connectivity index (χ2v) is 7.32. The fourth-order valence-electron chi connectivity index (χ4n) is 1.97. The molecule has 0 saturated carbocycles. The lowest BCUT2D eigenvalue weighted by molar-refractivity contribution is 0.279. The van der Waals surface area contributed by atoms with Gasteiger partial charge in [0.1, 0.15) is 0 Å². The fraction of sp³-hybridized carbons (Fsp3) is 0.867. The minimum Gasteiger partial charge on any atom is -0.304 e. The van der Waals surface area contributed by atoms with Gasteiger partial charge in [-0.3, -0.25) is 0 Å². The zero-order chi connectivity index (χ0) is 12.9. The average molecular weight is 256 g/mol. The molecule has 0 aromatic heterocycles. The summed E-state index contributed by atoms with van der Waals surface area (Å²) >= 11 is 0. The summed E-state index contributed by atoms with van der Waals surface area (Å²) in [6.07, 6.45) is 7.84. The largest absolute Gasteiger partial charge is 0.304 e. The lowest BCUT2D eigenvalue weighted by atomic mass is 10.2. The highest BCUT2D eigenvalue weighted by molar-refractivity contribution is 6.36. The van der Waals surface area contributed by atoms with Gasteiger partial charge in [0.05, 0.1) is 0 Å². The van der Waals surface area contributed by atoms with E-state index in [9.17, 15) is 0 Å². The Labute approximate surface area is 111 Å². The van der Waals surface area contributed by atoms with Crippen LogP contribution in [-0.2, 0) is 0 Å². The maximum atomic E-state index is 2.70. The molecule has 102 valence electrons. The van der Waals surface area contributed by atoms with E-state index >= 15 is 0 Å². The molecule has 0 bridgehead atoms. The van der Waals surface area contributed by atoms with Gasteiger partial charge in [-0.1, -0.05) is 38.3 Å². The van der Waals surface area contributed by atoms with E-state index in [0.717, 1.165) is 0 Å². The van der Waals surface area contributed by atoms with E-state index in [2.05, 4.69) is 38.7 Å². The molecule has 0 rings (SSSR count). The molecule has 0 heterocycles. The Morgan fingerprint density at radius 3 is 2.06 bits per heavy atom. The van der Waals surface area contributed by atoms with Gasteiger partial charge in [0.15, 0.2) is 0 Å². The third kappa shape index (κ3) is 12.2. The molecule has 0 amide bonds. The first-order valence-corrected chi connectivity index (χ1v) is 9.56. The number of unbranched alkanes of at least 4 members (excludes halogenated alkanes) is 2. The van der Waals surface area contributed by atoms with E-state index in [1.54, 1.807) is 0 Å². The van der Waals surface area contributed by atoms with Gasteiger partial charge in [0.25, 0.3) is 0 Å². The van der Waals surface area contributed by atoms with Crippen LogP contribution in [0, 0.1) is 0 Å². The van der Waals surface area contributed by atoms with Crippen molar-refractivity contribution in [3.63, 3.8) is 0 Å². The molecule has 0 aliphatic heterocycles. The molecule has 0 unspecified atom stereocenters. The lowest BCUT2D eigenvalue weighted by Gasteiger charge is -2.21. The van der Waals surface area contributed by atoms with Crippen molar-refractivity contribution in [3.8, 4) is 0 Å². The van der Waals surface area contributed by atoms with Gasteiger partial charge in [0.2, 0.25) is 0 Å². The van der Waals surface area contributed by atoms with Crippen LogP contribution in [0.1, 0.15) is 53.4 Å². The van der Waals surface area contributed by atoms with Crippen LogP contribution in [0.2, 0.25) is 12.1 Å². The van der Waals surface area contributed by atoms with Crippen molar-refractivity contribution < 1.29 is 0 Å². The summed E-state index contributed by atoms with van der Waals surface area (Å²) in [5.41, 5.74) is 1.49. The van der Waals surface area contributed by atoms with Gasteiger partial charge in [0, 0.05) is 9.52 Å². The monoisotopic (exact) mass is 255 g/mol. The Bertz CT molecular complexity index is 177. The summed E-state index contributed by atoms with van der Waals surface area (Å²) in [6.45, 7) is 13.0. The predicted octanol–water partition coefficient (Wildman–Crippen LogP) is 3.86. The smallest absolute Gasteiger partial charge is 0.0254 e. The minimum atomic E-state index is 0.161. The highest BCUT2D eigenvalue weighted by Gasteiger charge is 2.02. The van der Waals surface area contributed by atoms with E-state index in [-0.39, 0.29) is 9.52 Å². The number of hydrogen-bond acceptors (Lipinski definition) is 1. The quantitative estimate of drug-likeness (QED) is 0.308. The summed E-state index contributed by atoms with van der Waals surface area (Å²) in [4.78, 5) is 2.70. The maximum absolute atomic E-state index is 2.70. The van der Waals surface area contributed by atoms with Crippen LogP contribution in [-0.4, -0.2) is 34.1 Å². The first-order valence-electron chi connectivity index (χ1n) is 7.56. The Morgan fingerprint density at radius 1 is 1.00 bits per heavy atom. The van der Waals surface area contributed by atoms with E-state index in [4.69, 9.17) is 0 Å². The highest BCUT2D eigenvalue weighted by atomic mass is 28.2. The van der Waals surface area contributed by atoms with Crippen LogP contribution in [0.15, 0.2) is 11.6 Å². The molecule has 0 aliphatic rings. The number of rotatable bonds is 11. The molecule has 0 spiro atoms. The SMILES string of the molecule is CCCCN(CCCC)CC[SiH2]CC=C(C)C. The molecule has 0 aromatic carbocycles. The normalized spacial score (nSPS) is 11.6. The fourth-order valence-corrected chi connectivity index (χ4v) is 3.71. The molecule has 0 atom stereocenters. The number of nitrogens with zero attached hydrogens (tertiary/aromatic N) is 1. The van der Waals surface area contributed by atoms with Crippen molar-refractivity contribution >= 4 is 9.52 Å². The first-order chi connectivity index (χ1) is 8.20. The molecule has 0 fully saturated rings. The van der Waals surface area contributed by atoms with Crippen molar-refractivity contribution in [2.75, 3.05) is 19.6 Å². The molecule has 0 saturated heterocycles. The molecular formula is C15H33NSi. The Morgan fingerprint density at radius 2 is 1.59 bits per heavy atom. The Kier molecular flexibility index (Phi) is 12.3. The summed E-state index contributed by atoms with van der Waals surface area (Å²) in [5.74, 6) is 0. The van der Waals surface area contributed by atoms with Crippen LogP contribution in [0.25, 0.3) is 0 Å². The summed E-state index contributed by atoms with van der Waals surface area (Å²) < 4.78 is 0. The number of allylic oxidation sites excluding steroid dienone is 2. The summed E-state index contributed by atoms with van der Waals surface area (Å²) in [6, 6.07) is 2.90. The van der Waals surface area contributed by atoms with Crippen molar-refractivity contribution in [3.05, 3.63) is 11.6 Å². The molecule has 0 radical (unpaired) electrons. The van der Waals surface area contributed by atoms with Crippen molar-refractivity contribution in [2.45, 2.75) is 65.5 Å². The predicted molar refractivity (Wildman–Crippen MR) is 83.8 cm³/mol. The molecule has 1 nitrogen and oxygen atoms in total. The third-order valence-electron chi connectivity index (χ3n) is 3.14. The van der Waals surface area contributed by atoms with Crippen molar-refractivity contribution in [2.24, 2.45) is 0 Å². The van der Waals surface area contributed by atoms with Gasteiger partial charge < -0.3 is 4.90 Å². The zero-order valence-electron chi connectivity index (χ0n) is 12.6. The van der Waals surface area contributed by atoms with E-state index in [0.29, 0.717) is 0 Å². The first kappa shape index (κ1) is 16.9. The minimum absolute atomic E-state index is 0.161. The highest BCUT2D eigenvalue weighted by Crippen LogP contribution is 2.02. The van der Waals surface area contributed by atoms with Gasteiger partial charge >= 0.3 is 0 Å². The van der Waals surface area contributed by atoms with Gasteiger partial charge in [-0.15, -0.1) is 0 Å². The maximum Gasteiger partial charge on any atom is 0.0254 e. The third-order valence-corrected chi connectivity index (χ3v) is 4.65. The van der Waals surface area contributed by atoms with Crippen molar-refractivity contribution in [1.29, 1.82) is 0 Å². The Balaban J connectivity index is 3.62. The second-order valence-electron chi connectivity index (χ2n) is 5.33. The topological polar surface area (TPSA) is 3.24 Å². The lowest BCUT2D eigenvalue weighted by Crippen LogP contribution is -2.27. The van der Waals surface area contributed by atoms with E-state index in [1.807, 2.05) is 0 Å². The molecule has 0 aliphatic carbocycles. The second kappa shape index (κ2) is 12.4. The molecule has 2 heteroatoms. The van der Waals surface area contributed by atoms with Crippen LogP contribution in [0.4, 0.5) is 0 Å². The summed E-state index contributed by atoms with van der Waals surface area (Å²) in [7, 11) is 0.161. The zero-order valence-corrected chi connectivity index (χ0v) is 14.0. The molecular weight excluding hydrogens is 222 g/mol. The molecule has 0 aromatic rings. The van der Waals surface area contributed by atoms with Gasteiger partial charge in [-0.05, 0) is 58.4 Å². The standard InChI is InChI=1S/C15H33NSi/c1-5-7-10-16(11-8-6-2)12-14-17-13-9-15(3)4/h9H,5-8,10-14,17H2,1-4H3. The van der Waals surface area contributed by atoms with Gasteiger partial charge in [-0.25, -0.2) is 0 Å². The Hall–Kier alpha value is -0.0831. The van der Waals surface area contributed by atoms with Crippen LogP contribution in [0.5, 0.6) is 0 Å². The van der Waals surface area contributed by atoms with Crippen LogP contribution >= 0.6 is 0 Å².